The van der Waals surface area contributed by atoms with Crippen LogP contribution in [-0.2, 0) is 23.9 Å². The number of aliphatic hydroxyl groups is 3. The first-order chi connectivity index (χ1) is 14.5. The van der Waals surface area contributed by atoms with Gasteiger partial charge in [-0.2, -0.15) is 13.2 Å². The molecule has 1 aromatic heterocycles. The minimum atomic E-state index is -5.19. The van der Waals surface area contributed by atoms with E-state index >= 15 is 0 Å². The Hall–Kier alpha value is -2.61. The molecular weight excluding hydrogens is 435 g/mol. The lowest BCUT2D eigenvalue weighted by molar-refractivity contribution is -0.140. The second-order valence-electron chi connectivity index (χ2n) is 6.90. The first-order valence-electron chi connectivity index (χ1n) is 8.95. The van der Waals surface area contributed by atoms with Crippen molar-refractivity contribution in [2.24, 2.45) is 0 Å². The van der Waals surface area contributed by atoms with Crippen LogP contribution in [0.5, 0.6) is 0 Å². The number of halogens is 5. The van der Waals surface area contributed by atoms with Crippen molar-refractivity contribution in [2.75, 3.05) is 6.61 Å². The van der Waals surface area contributed by atoms with Crippen LogP contribution in [0.15, 0.2) is 34.0 Å². The second-order valence-corrected chi connectivity index (χ2v) is 6.90. The molecule has 0 aliphatic carbocycles. The molecule has 1 fully saturated rings. The fraction of sp³-hybridized carbons (Fsp3) is 0.444. The smallest absolute Gasteiger partial charge is 0.394 e. The van der Waals surface area contributed by atoms with Gasteiger partial charge in [-0.15, -0.1) is 0 Å². The normalized spacial score (nSPS) is 24.0. The quantitative estimate of drug-likeness (QED) is 0.558. The molecule has 1 aliphatic rings. The van der Waals surface area contributed by atoms with E-state index in [0.717, 1.165) is 12.1 Å². The number of ether oxygens (including phenoxy) is 1. The summed E-state index contributed by atoms with van der Waals surface area (Å²) in [6, 6.07) is 2.47. The third kappa shape index (κ3) is 4.39. The molecule has 13 heteroatoms. The van der Waals surface area contributed by atoms with E-state index < -0.39 is 78.7 Å². The van der Waals surface area contributed by atoms with E-state index in [1.54, 1.807) is 0 Å². The van der Waals surface area contributed by atoms with Crippen molar-refractivity contribution in [2.45, 2.75) is 43.7 Å². The summed E-state index contributed by atoms with van der Waals surface area (Å²) in [7, 11) is 0. The summed E-state index contributed by atoms with van der Waals surface area (Å²) >= 11 is 0. The summed E-state index contributed by atoms with van der Waals surface area (Å²) in [5.41, 5.74) is -4.94. The number of aliphatic hydroxyl groups excluding tert-OH is 3. The second kappa shape index (κ2) is 8.49. The Morgan fingerprint density at radius 1 is 1.10 bits per heavy atom. The highest BCUT2D eigenvalue weighted by Gasteiger charge is 2.45. The molecular formula is C18H17F5N2O6. The van der Waals surface area contributed by atoms with Crippen LogP contribution in [0.25, 0.3) is 0 Å². The van der Waals surface area contributed by atoms with Gasteiger partial charge >= 0.3 is 11.9 Å². The van der Waals surface area contributed by atoms with Crippen molar-refractivity contribution in [3.63, 3.8) is 0 Å². The third-order valence-corrected chi connectivity index (χ3v) is 4.91. The van der Waals surface area contributed by atoms with Crippen LogP contribution >= 0.6 is 0 Å². The highest BCUT2D eigenvalue weighted by molar-refractivity contribution is 5.19. The lowest BCUT2D eigenvalue weighted by Crippen LogP contribution is -2.46. The lowest BCUT2D eigenvalue weighted by Gasteiger charge is -2.21. The molecule has 1 saturated heterocycles. The van der Waals surface area contributed by atoms with E-state index in [1.807, 2.05) is 0 Å². The van der Waals surface area contributed by atoms with E-state index in [9.17, 15) is 41.8 Å². The highest BCUT2D eigenvalue weighted by Crippen LogP contribution is 2.30. The van der Waals surface area contributed by atoms with E-state index in [4.69, 9.17) is 9.84 Å². The molecule has 0 bridgehead atoms. The van der Waals surface area contributed by atoms with Gasteiger partial charge in [-0.25, -0.2) is 13.6 Å². The van der Waals surface area contributed by atoms with Gasteiger partial charge in [0, 0.05) is 18.8 Å². The molecule has 170 valence electrons. The zero-order valence-corrected chi connectivity index (χ0v) is 15.6. The Labute approximate surface area is 170 Å². The average molecular weight is 452 g/mol. The number of benzene rings is 1. The SMILES string of the molecule is O=c1c(C(F)(F)F)cn([C@@H]2O[C@H](CO)C(O)C2O)c(=O)n1CCc1ccc(F)cc1F. The minimum Gasteiger partial charge on any atom is -0.394 e. The van der Waals surface area contributed by atoms with Gasteiger partial charge in [0.15, 0.2) is 6.23 Å². The van der Waals surface area contributed by atoms with E-state index in [2.05, 4.69) is 0 Å². The van der Waals surface area contributed by atoms with Crippen LogP contribution in [0.2, 0.25) is 0 Å². The Morgan fingerprint density at radius 2 is 1.77 bits per heavy atom. The first-order valence-corrected chi connectivity index (χ1v) is 8.95. The number of hydrogen-bond donors (Lipinski definition) is 3. The molecule has 8 nitrogen and oxygen atoms in total. The zero-order chi connectivity index (χ0) is 23.1. The molecule has 0 saturated carbocycles. The van der Waals surface area contributed by atoms with Gasteiger partial charge in [0.05, 0.1) is 6.61 Å². The van der Waals surface area contributed by atoms with Gasteiger partial charge in [-0.1, -0.05) is 6.07 Å². The predicted octanol–water partition coefficient (Wildman–Crippen LogP) is 0.161. The summed E-state index contributed by atoms with van der Waals surface area (Å²) in [5.74, 6) is -1.90. The maximum Gasteiger partial charge on any atom is 0.423 e. The van der Waals surface area contributed by atoms with Crippen LogP contribution in [0.3, 0.4) is 0 Å². The summed E-state index contributed by atoms with van der Waals surface area (Å²) in [5, 5.41) is 29.0. The third-order valence-electron chi connectivity index (χ3n) is 4.91. The topological polar surface area (TPSA) is 114 Å². The summed E-state index contributed by atoms with van der Waals surface area (Å²) in [6.45, 7) is -1.49. The first kappa shape index (κ1) is 23.1. The van der Waals surface area contributed by atoms with Crippen molar-refractivity contribution >= 4 is 0 Å². The summed E-state index contributed by atoms with van der Waals surface area (Å²) in [6.07, 6.45) is -12.2. The predicted molar refractivity (Wildman–Crippen MR) is 93.0 cm³/mol. The zero-order valence-electron chi connectivity index (χ0n) is 15.6. The molecule has 2 aromatic rings. The highest BCUT2D eigenvalue weighted by atomic mass is 19.4. The molecule has 0 radical (unpaired) electrons. The molecule has 1 aliphatic heterocycles. The Morgan fingerprint density at radius 3 is 2.32 bits per heavy atom. The van der Waals surface area contributed by atoms with Crippen molar-refractivity contribution in [1.82, 2.24) is 9.13 Å². The van der Waals surface area contributed by atoms with Gasteiger partial charge in [0.25, 0.3) is 5.56 Å². The average Bonchev–Trinajstić information content (AvgIpc) is 2.96. The van der Waals surface area contributed by atoms with E-state index in [0.29, 0.717) is 6.07 Å². The van der Waals surface area contributed by atoms with Crippen LogP contribution in [0.1, 0.15) is 17.4 Å². The van der Waals surface area contributed by atoms with Gasteiger partial charge < -0.3 is 20.1 Å². The maximum absolute atomic E-state index is 13.8. The van der Waals surface area contributed by atoms with Gasteiger partial charge in [-0.05, 0) is 18.1 Å². The number of hydrogen-bond acceptors (Lipinski definition) is 6. The largest absolute Gasteiger partial charge is 0.423 e. The van der Waals surface area contributed by atoms with E-state index in [-0.39, 0.29) is 20.9 Å². The number of aromatic nitrogens is 2. The molecule has 1 aromatic carbocycles. The number of alkyl halides is 3. The molecule has 3 N–H and O–H groups in total. The Balaban J connectivity index is 2.07. The molecule has 4 atom stereocenters. The number of aryl methyl sites for hydroxylation is 1. The maximum atomic E-state index is 13.8. The van der Waals surface area contributed by atoms with Crippen molar-refractivity contribution < 1.29 is 42.0 Å². The molecule has 2 heterocycles. The van der Waals surface area contributed by atoms with Gasteiger partial charge in [0.2, 0.25) is 0 Å². The lowest BCUT2D eigenvalue weighted by atomic mass is 10.1. The van der Waals surface area contributed by atoms with Crippen molar-refractivity contribution in [1.29, 1.82) is 0 Å². The summed E-state index contributed by atoms with van der Waals surface area (Å²) in [4.78, 5) is 25.0. The number of nitrogens with zero attached hydrogens (tertiary/aromatic N) is 2. The van der Waals surface area contributed by atoms with Crippen molar-refractivity contribution in [3.05, 3.63) is 68.0 Å². The Kier molecular flexibility index (Phi) is 6.32. The van der Waals surface area contributed by atoms with Crippen LogP contribution < -0.4 is 11.2 Å². The van der Waals surface area contributed by atoms with Crippen LogP contribution in [0.4, 0.5) is 22.0 Å². The number of rotatable bonds is 5. The van der Waals surface area contributed by atoms with Gasteiger partial charge in [0.1, 0.15) is 35.5 Å². The van der Waals surface area contributed by atoms with Crippen LogP contribution in [0, 0.1) is 11.6 Å². The summed E-state index contributed by atoms with van der Waals surface area (Å²) < 4.78 is 72.6. The van der Waals surface area contributed by atoms with Gasteiger partial charge in [-0.3, -0.25) is 13.9 Å². The standard InChI is InChI=1S/C18H17F5N2O6/c19-9-2-1-8(11(20)5-9)3-4-24-15(29)10(18(21,22)23)6-25(17(24)30)16-14(28)13(27)12(7-26)31-16/h1-2,5-6,12-14,16,26-28H,3-4,7H2/t12-,13?,14?,16-/m1/s1. The Bertz CT molecular complexity index is 1080. The molecule has 3 rings (SSSR count). The van der Waals surface area contributed by atoms with E-state index in [1.165, 1.54) is 0 Å². The molecule has 0 spiro atoms. The monoisotopic (exact) mass is 452 g/mol. The molecule has 31 heavy (non-hydrogen) atoms. The molecule has 0 amide bonds. The molecule has 2 unspecified atom stereocenters. The fourth-order valence-electron chi connectivity index (χ4n) is 3.26. The van der Waals surface area contributed by atoms with Crippen LogP contribution in [-0.4, -0.2) is 49.4 Å². The minimum absolute atomic E-state index is 0.149. The van der Waals surface area contributed by atoms with Crippen molar-refractivity contribution in [3.8, 4) is 0 Å². The fourth-order valence-corrected chi connectivity index (χ4v) is 3.26.